The summed E-state index contributed by atoms with van der Waals surface area (Å²) in [6, 6.07) is 17.8. The Morgan fingerprint density at radius 1 is 0.921 bits per heavy atom. The predicted molar refractivity (Wildman–Crippen MR) is 147 cm³/mol. The maximum atomic E-state index is 12.8. The van der Waals surface area contributed by atoms with E-state index in [0.29, 0.717) is 24.3 Å². The molecule has 6 rings (SSSR count). The van der Waals surface area contributed by atoms with E-state index >= 15 is 0 Å². The molecule has 1 aliphatic heterocycles. The normalized spacial score (nSPS) is 13.3. The minimum Gasteiger partial charge on any atom is -0.350 e. The van der Waals surface area contributed by atoms with Gasteiger partial charge in [-0.25, -0.2) is 4.98 Å². The van der Waals surface area contributed by atoms with E-state index in [1.165, 1.54) is 0 Å². The molecule has 1 fully saturated rings. The Morgan fingerprint density at radius 2 is 1.74 bits per heavy atom. The highest BCUT2D eigenvalue weighted by molar-refractivity contribution is 6.02. The second-order valence-electron chi connectivity index (χ2n) is 9.32. The third-order valence-corrected chi connectivity index (χ3v) is 6.86. The van der Waals surface area contributed by atoms with Gasteiger partial charge in [0.15, 0.2) is 0 Å². The topological polar surface area (TPSA) is 104 Å². The van der Waals surface area contributed by atoms with Crippen molar-refractivity contribution in [1.29, 1.82) is 0 Å². The molecule has 0 atom stereocenters. The molecule has 0 aliphatic carbocycles. The van der Waals surface area contributed by atoms with Crippen LogP contribution >= 0.6 is 0 Å². The van der Waals surface area contributed by atoms with Crippen LogP contribution in [0, 0.1) is 0 Å². The lowest BCUT2D eigenvalue weighted by molar-refractivity contribution is -0.117. The van der Waals surface area contributed by atoms with Gasteiger partial charge in [0, 0.05) is 72.7 Å². The van der Waals surface area contributed by atoms with E-state index in [9.17, 15) is 9.59 Å². The summed E-state index contributed by atoms with van der Waals surface area (Å²) in [5.74, 6) is 0.00266. The van der Waals surface area contributed by atoms with Crippen molar-refractivity contribution >= 4 is 28.5 Å². The molecule has 0 spiro atoms. The third-order valence-electron chi connectivity index (χ3n) is 6.86. The monoisotopic (exact) mass is 502 g/mol. The Bertz CT molecular complexity index is 1610. The van der Waals surface area contributed by atoms with Crippen molar-refractivity contribution in [3.8, 4) is 22.3 Å². The number of anilines is 1. The Balaban J connectivity index is 1.22. The average Bonchev–Trinajstić information content (AvgIpc) is 3.60. The minimum absolute atomic E-state index is 0.175. The summed E-state index contributed by atoms with van der Waals surface area (Å²) < 4.78 is 0. The van der Waals surface area contributed by atoms with Crippen molar-refractivity contribution in [1.82, 2.24) is 25.3 Å². The molecule has 1 aromatic carbocycles. The maximum absolute atomic E-state index is 12.8. The maximum Gasteiger partial charge on any atom is 0.267 e. The fourth-order valence-electron chi connectivity index (χ4n) is 4.87. The van der Waals surface area contributed by atoms with Crippen molar-refractivity contribution in [2.24, 2.45) is 0 Å². The number of hydrogen-bond donors (Lipinski definition) is 2. The van der Waals surface area contributed by atoms with Crippen LogP contribution in [-0.2, 0) is 11.2 Å². The molecule has 0 bridgehead atoms. The molecule has 38 heavy (non-hydrogen) atoms. The molecule has 1 aliphatic rings. The van der Waals surface area contributed by atoms with Gasteiger partial charge in [0.05, 0.1) is 0 Å². The van der Waals surface area contributed by atoms with Crippen LogP contribution in [0.5, 0.6) is 0 Å². The molecule has 0 radical (unpaired) electrons. The number of benzene rings is 1. The number of nitrogens with zero attached hydrogens (tertiary/aromatic N) is 4. The number of nitrogens with one attached hydrogen (secondary N) is 2. The summed E-state index contributed by atoms with van der Waals surface area (Å²) in [4.78, 5) is 42.8. The van der Waals surface area contributed by atoms with Crippen LogP contribution in [-0.4, -0.2) is 44.8 Å². The van der Waals surface area contributed by atoms with E-state index in [2.05, 4.69) is 31.3 Å². The van der Waals surface area contributed by atoms with Gasteiger partial charge < -0.3 is 15.2 Å². The van der Waals surface area contributed by atoms with Crippen LogP contribution in [0.3, 0.4) is 0 Å². The lowest BCUT2D eigenvalue weighted by Gasteiger charge is -2.16. The Kier molecular flexibility index (Phi) is 6.35. The number of carbonyl (C=O) groups excluding carboxylic acids is 2. The van der Waals surface area contributed by atoms with Gasteiger partial charge in [-0.3, -0.25) is 19.6 Å². The standard InChI is InChI=1S/C30H26N6O2/c37-28-2-1-15-36(28)24-5-3-21(4-6-24)22-16-23(19-32-18-22)25-10-14-33-29-26(25)17-27(35-29)30(38)34-13-9-20-7-11-31-12-8-20/h3-8,10-12,14,16-19H,1-2,9,13,15H2,(H,33,35)(H,34,38). The van der Waals surface area contributed by atoms with Gasteiger partial charge in [-0.15, -0.1) is 0 Å². The van der Waals surface area contributed by atoms with Crippen LogP contribution < -0.4 is 10.2 Å². The molecule has 0 unspecified atom stereocenters. The molecule has 188 valence electrons. The van der Waals surface area contributed by atoms with E-state index in [0.717, 1.165) is 58.3 Å². The molecule has 5 aromatic rings. The van der Waals surface area contributed by atoms with E-state index in [4.69, 9.17) is 0 Å². The van der Waals surface area contributed by atoms with E-state index in [-0.39, 0.29) is 11.8 Å². The van der Waals surface area contributed by atoms with Crippen LogP contribution in [0.4, 0.5) is 5.69 Å². The van der Waals surface area contributed by atoms with Gasteiger partial charge >= 0.3 is 0 Å². The van der Waals surface area contributed by atoms with Crippen LogP contribution in [0.25, 0.3) is 33.3 Å². The highest BCUT2D eigenvalue weighted by Crippen LogP contribution is 2.31. The molecular formula is C30H26N6O2. The molecule has 2 amide bonds. The molecule has 8 heteroatoms. The van der Waals surface area contributed by atoms with E-state index in [1.807, 2.05) is 65.8 Å². The third kappa shape index (κ3) is 4.76. The van der Waals surface area contributed by atoms with E-state index in [1.54, 1.807) is 18.6 Å². The van der Waals surface area contributed by atoms with Crippen molar-refractivity contribution in [3.63, 3.8) is 0 Å². The van der Waals surface area contributed by atoms with Crippen molar-refractivity contribution in [2.75, 3.05) is 18.0 Å². The molecule has 5 heterocycles. The van der Waals surface area contributed by atoms with Crippen molar-refractivity contribution in [3.05, 3.63) is 96.8 Å². The van der Waals surface area contributed by atoms with Crippen molar-refractivity contribution < 1.29 is 9.59 Å². The fourth-order valence-corrected chi connectivity index (χ4v) is 4.87. The van der Waals surface area contributed by atoms with Crippen LogP contribution in [0.2, 0.25) is 0 Å². The van der Waals surface area contributed by atoms with Gasteiger partial charge in [-0.1, -0.05) is 12.1 Å². The minimum atomic E-state index is -0.175. The first-order chi connectivity index (χ1) is 18.7. The molecular weight excluding hydrogens is 476 g/mol. The first kappa shape index (κ1) is 23.5. The number of H-pyrrole nitrogens is 1. The molecule has 1 saturated heterocycles. The van der Waals surface area contributed by atoms with Gasteiger partial charge in [0.25, 0.3) is 5.91 Å². The van der Waals surface area contributed by atoms with Gasteiger partial charge in [0.1, 0.15) is 11.3 Å². The van der Waals surface area contributed by atoms with Crippen LogP contribution in [0.1, 0.15) is 28.9 Å². The van der Waals surface area contributed by atoms with Crippen LogP contribution in [0.15, 0.2) is 85.6 Å². The highest BCUT2D eigenvalue weighted by atomic mass is 16.2. The number of amides is 2. The molecule has 4 aromatic heterocycles. The zero-order valence-electron chi connectivity index (χ0n) is 20.7. The predicted octanol–water partition coefficient (Wildman–Crippen LogP) is 4.79. The number of rotatable bonds is 7. The second kappa shape index (κ2) is 10.3. The zero-order valence-corrected chi connectivity index (χ0v) is 20.7. The first-order valence-corrected chi connectivity index (χ1v) is 12.7. The highest BCUT2D eigenvalue weighted by Gasteiger charge is 2.21. The number of aromatic nitrogens is 4. The number of carbonyl (C=O) groups is 2. The lowest BCUT2D eigenvalue weighted by atomic mass is 10.0. The lowest BCUT2D eigenvalue weighted by Crippen LogP contribution is -2.25. The Hall–Kier alpha value is -4.85. The smallest absolute Gasteiger partial charge is 0.267 e. The fraction of sp³-hybridized carbons (Fsp3) is 0.167. The Labute approximate surface area is 219 Å². The van der Waals surface area contributed by atoms with E-state index < -0.39 is 0 Å². The number of aromatic amines is 1. The largest absolute Gasteiger partial charge is 0.350 e. The second-order valence-corrected chi connectivity index (χ2v) is 9.32. The average molecular weight is 503 g/mol. The van der Waals surface area contributed by atoms with Gasteiger partial charge in [-0.05, 0) is 72.0 Å². The van der Waals surface area contributed by atoms with Gasteiger partial charge in [-0.2, -0.15) is 0 Å². The number of fused-ring (bicyclic) bond motifs is 1. The van der Waals surface area contributed by atoms with Gasteiger partial charge in [0.2, 0.25) is 5.91 Å². The summed E-state index contributed by atoms with van der Waals surface area (Å²) in [6.45, 7) is 1.30. The summed E-state index contributed by atoms with van der Waals surface area (Å²) in [7, 11) is 0. The van der Waals surface area contributed by atoms with Crippen molar-refractivity contribution in [2.45, 2.75) is 19.3 Å². The number of hydrogen-bond acceptors (Lipinski definition) is 5. The molecule has 2 N–H and O–H groups in total. The molecule has 0 saturated carbocycles. The molecule has 8 nitrogen and oxygen atoms in total. The summed E-state index contributed by atoms with van der Waals surface area (Å²) in [5.41, 5.74) is 7.01. The summed E-state index contributed by atoms with van der Waals surface area (Å²) in [5, 5.41) is 3.83. The Morgan fingerprint density at radius 3 is 2.53 bits per heavy atom. The zero-order chi connectivity index (χ0) is 25.9. The number of pyridine rings is 3. The quantitative estimate of drug-likeness (QED) is 0.333. The SMILES string of the molecule is O=C(NCCc1ccncc1)c1cc2c(-c3cncc(-c4ccc(N5CCCC5=O)cc4)c3)ccnc2[nH]1. The first-order valence-electron chi connectivity index (χ1n) is 12.7. The summed E-state index contributed by atoms with van der Waals surface area (Å²) in [6.07, 6.45) is 11.1. The summed E-state index contributed by atoms with van der Waals surface area (Å²) >= 11 is 0.